The zero-order valence-electron chi connectivity index (χ0n) is 27.7. The summed E-state index contributed by atoms with van der Waals surface area (Å²) in [4.78, 5) is 26.8. The van der Waals surface area contributed by atoms with Gasteiger partial charge in [-0.2, -0.15) is 4.39 Å². The minimum atomic E-state index is -0.982. The number of anilines is 1. The van der Waals surface area contributed by atoms with Gasteiger partial charge in [-0.1, -0.05) is 12.1 Å². The molecule has 0 bridgehead atoms. The number of amides is 1. The number of hydrogen-bond donors (Lipinski definition) is 1. The Balaban J connectivity index is 1.19. The molecule has 6 aromatic rings. The zero-order chi connectivity index (χ0) is 35.0. The van der Waals surface area contributed by atoms with E-state index in [1.165, 1.54) is 36.6 Å². The van der Waals surface area contributed by atoms with E-state index in [1.54, 1.807) is 25.3 Å². The highest BCUT2D eigenvalue weighted by atomic mass is 32.1. The Labute approximate surface area is 294 Å². The number of methoxy groups -OCH3 is 1. The van der Waals surface area contributed by atoms with Crippen LogP contribution in [0.4, 0.5) is 19.0 Å². The topological polar surface area (TPSA) is 106 Å². The second-order valence-corrected chi connectivity index (χ2v) is 14.2. The number of pyridine rings is 2. The maximum atomic E-state index is 14.6. The molecule has 2 aromatic carbocycles. The number of nitrogens with zero attached hydrogens (tertiary/aromatic N) is 5. The normalized spacial score (nSPS) is 17.7. The van der Waals surface area contributed by atoms with Crippen molar-refractivity contribution in [3.63, 3.8) is 0 Å². The van der Waals surface area contributed by atoms with E-state index < -0.39 is 11.6 Å². The lowest BCUT2D eigenvalue weighted by atomic mass is 9.93. The molecule has 1 N–H and O–H groups in total. The third-order valence-corrected chi connectivity index (χ3v) is 11.4. The van der Waals surface area contributed by atoms with Gasteiger partial charge in [-0.05, 0) is 85.4 Å². The number of benzene rings is 2. The van der Waals surface area contributed by atoms with Crippen molar-refractivity contribution in [3.05, 3.63) is 106 Å². The van der Waals surface area contributed by atoms with Crippen molar-refractivity contribution in [2.75, 3.05) is 19.0 Å². The van der Waals surface area contributed by atoms with Gasteiger partial charge in [0.25, 0.3) is 5.91 Å². The van der Waals surface area contributed by atoms with Crippen molar-refractivity contribution in [3.8, 4) is 27.6 Å². The van der Waals surface area contributed by atoms with Gasteiger partial charge in [0, 0.05) is 35.7 Å². The molecule has 1 aliphatic carbocycles. The standard InChI is InChI=1S/C38H31F3N6O3S/c1-18-45-46-37(50-18)29-26(11-7-19-5-8-21(39)9-6-19)43-33-27-4-3-15-47(27)38(48)31(33)30(29)28-16-20-13-14-42-36(35(20)51-28)44-25-12-10-22-23(25)17-24(40)32(41)34(22)49-2/h5-6,8-9,13-14,16-17,25,27H,3-4,7,10-12,15H2,1-2H3,(H,42,44)/t25-,27?/m1/s1. The zero-order valence-corrected chi connectivity index (χ0v) is 28.5. The molecule has 6 heterocycles. The average molecular weight is 709 g/mol. The van der Waals surface area contributed by atoms with Crippen LogP contribution in [0, 0.1) is 24.4 Å². The molecule has 13 heteroatoms. The Morgan fingerprint density at radius 3 is 2.67 bits per heavy atom. The van der Waals surface area contributed by atoms with E-state index in [9.17, 15) is 18.0 Å². The minimum absolute atomic E-state index is 0.0605. The molecule has 1 unspecified atom stereocenters. The number of rotatable bonds is 8. The summed E-state index contributed by atoms with van der Waals surface area (Å²) in [5.41, 5.74) is 5.54. The number of nitrogens with one attached hydrogen (secondary N) is 1. The van der Waals surface area contributed by atoms with Gasteiger partial charge in [-0.3, -0.25) is 9.78 Å². The van der Waals surface area contributed by atoms with Gasteiger partial charge in [-0.25, -0.2) is 13.8 Å². The van der Waals surface area contributed by atoms with Gasteiger partial charge >= 0.3 is 0 Å². The third kappa shape index (κ3) is 5.16. The first kappa shape index (κ1) is 31.7. The maximum absolute atomic E-state index is 14.6. The van der Waals surface area contributed by atoms with Crippen LogP contribution in [0.1, 0.15) is 75.7 Å². The molecule has 1 saturated heterocycles. The Kier molecular flexibility index (Phi) is 7.57. The number of aromatic nitrogens is 4. The second-order valence-electron chi connectivity index (χ2n) is 13.2. The monoisotopic (exact) mass is 708 g/mol. The Bertz CT molecular complexity index is 2380. The van der Waals surface area contributed by atoms with Crippen LogP contribution in [-0.4, -0.2) is 44.6 Å². The van der Waals surface area contributed by atoms with Crippen LogP contribution < -0.4 is 10.1 Å². The van der Waals surface area contributed by atoms with E-state index in [2.05, 4.69) is 20.5 Å². The van der Waals surface area contributed by atoms with Gasteiger partial charge in [0.2, 0.25) is 17.6 Å². The summed E-state index contributed by atoms with van der Waals surface area (Å²) < 4.78 is 55.0. The van der Waals surface area contributed by atoms with E-state index in [4.69, 9.17) is 14.1 Å². The van der Waals surface area contributed by atoms with Gasteiger partial charge in [0.15, 0.2) is 11.6 Å². The molecule has 0 saturated carbocycles. The summed E-state index contributed by atoms with van der Waals surface area (Å²) in [5.74, 6) is -1.13. The molecule has 9 rings (SSSR count). The molecule has 4 aromatic heterocycles. The molecule has 0 radical (unpaired) electrons. The van der Waals surface area contributed by atoms with Crippen LogP contribution in [0.3, 0.4) is 0 Å². The summed E-state index contributed by atoms with van der Waals surface area (Å²) in [6, 6.07) is 11.2. The van der Waals surface area contributed by atoms with Gasteiger partial charge in [0.1, 0.15) is 11.6 Å². The highest BCUT2D eigenvalue weighted by molar-refractivity contribution is 7.23. The first-order valence-electron chi connectivity index (χ1n) is 16.9. The quantitative estimate of drug-likeness (QED) is 0.168. The van der Waals surface area contributed by atoms with Crippen LogP contribution in [0.5, 0.6) is 5.75 Å². The van der Waals surface area contributed by atoms with Gasteiger partial charge in [0.05, 0.1) is 46.4 Å². The smallest absolute Gasteiger partial charge is 0.257 e. The maximum Gasteiger partial charge on any atom is 0.257 e. The lowest BCUT2D eigenvalue weighted by molar-refractivity contribution is 0.0776. The lowest BCUT2D eigenvalue weighted by Crippen LogP contribution is -2.22. The van der Waals surface area contributed by atoms with Crippen molar-refractivity contribution in [1.82, 2.24) is 25.1 Å². The van der Waals surface area contributed by atoms with Crippen LogP contribution in [0.15, 0.2) is 53.1 Å². The summed E-state index contributed by atoms with van der Waals surface area (Å²) in [6.07, 6.45) is 5.63. The summed E-state index contributed by atoms with van der Waals surface area (Å²) in [7, 11) is 1.34. The number of halogens is 3. The number of carbonyl (C=O) groups is 1. The van der Waals surface area contributed by atoms with Crippen LogP contribution >= 0.6 is 11.3 Å². The fraction of sp³-hybridized carbons (Fsp3) is 0.289. The fourth-order valence-corrected chi connectivity index (χ4v) is 9.07. The molecule has 0 spiro atoms. The minimum Gasteiger partial charge on any atom is -0.493 e. The SMILES string of the molecule is COc1c(F)c(F)cc2c1CC[C@H]2Nc1nccc2cc(-c3c4c(nc(CCc5ccc(F)cc5)c3-c3nnc(C)o3)C3CCCN3C4=O)sc12. The van der Waals surface area contributed by atoms with Crippen LogP contribution in [0.2, 0.25) is 0 Å². The number of fused-ring (bicyclic) bond motifs is 5. The molecule has 258 valence electrons. The molecule has 51 heavy (non-hydrogen) atoms. The van der Waals surface area contributed by atoms with E-state index >= 15 is 0 Å². The summed E-state index contributed by atoms with van der Waals surface area (Å²) >= 11 is 1.48. The highest BCUT2D eigenvalue weighted by Crippen LogP contribution is 2.51. The van der Waals surface area contributed by atoms with E-state index in [0.717, 1.165) is 44.8 Å². The molecule has 3 aliphatic rings. The van der Waals surface area contributed by atoms with Crippen molar-refractivity contribution < 1.29 is 27.1 Å². The van der Waals surface area contributed by atoms with E-state index in [-0.39, 0.29) is 35.4 Å². The molecule has 2 atom stereocenters. The molecular formula is C38H31F3N6O3S. The molecular weight excluding hydrogens is 678 g/mol. The number of carbonyl (C=O) groups excluding carboxylic acids is 1. The number of hydrogen-bond acceptors (Lipinski definition) is 9. The molecule has 1 amide bonds. The second kappa shape index (κ2) is 12.2. The predicted octanol–water partition coefficient (Wildman–Crippen LogP) is 8.32. The number of aryl methyl sites for hydroxylation is 3. The first-order valence-corrected chi connectivity index (χ1v) is 17.7. The molecule has 1 fully saturated rings. The third-order valence-electron chi connectivity index (χ3n) is 10.2. The summed E-state index contributed by atoms with van der Waals surface area (Å²) in [6.45, 7) is 2.37. The summed E-state index contributed by atoms with van der Waals surface area (Å²) in [5, 5.41) is 13.0. The Morgan fingerprint density at radius 2 is 1.88 bits per heavy atom. The Hall–Kier alpha value is -5.30. The van der Waals surface area contributed by atoms with Crippen LogP contribution in [-0.2, 0) is 19.3 Å². The van der Waals surface area contributed by atoms with Crippen molar-refractivity contribution in [1.29, 1.82) is 0 Å². The van der Waals surface area contributed by atoms with Crippen molar-refractivity contribution in [2.45, 2.75) is 57.5 Å². The van der Waals surface area contributed by atoms with Crippen molar-refractivity contribution in [2.24, 2.45) is 0 Å². The first-order chi connectivity index (χ1) is 24.8. The molecule has 2 aliphatic heterocycles. The lowest BCUT2D eigenvalue weighted by Gasteiger charge is -2.17. The van der Waals surface area contributed by atoms with E-state index in [0.29, 0.717) is 71.8 Å². The average Bonchev–Trinajstić information content (AvgIpc) is 3.97. The van der Waals surface area contributed by atoms with Crippen molar-refractivity contribution >= 4 is 33.1 Å². The van der Waals surface area contributed by atoms with Gasteiger partial charge in [-0.15, -0.1) is 21.5 Å². The Morgan fingerprint density at radius 1 is 1.04 bits per heavy atom. The fourth-order valence-electron chi connectivity index (χ4n) is 7.91. The predicted molar refractivity (Wildman–Crippen MR) is 185 cm³/mol. The number of thiophene rings is 1. The largest absolute Gasteiger partial charge is 0.493 e. The number of ether oxygens (including phenoxy) is 1. The highest BCUT2D eigenvalue weighted by Gasteiger charge is 2.45. The molecule has 9 nitrogen and oxygen atoms in total. The van der Waals surface area contributed by atoms with Gasteiger partial charge < -0.3 is 19.4 Å². The van der Waals surface area contributed by atoms with Crippen LogP contribution in [0.25, 0.3) is 32.0 Å². The van der Waals surface area contributed by atoms with E-state index in [1.807, 2.05) is 17.0 Å².